The Morgan fingerprint density at radius 3 is 2.81 bits per heavy atom. The number of carbonyl (C=O) groups excluding carboxylic acids is 2. The van der Waals surface area contributed by atoms with E-state index in [1.54, 1.807) is 25.1 Å². The van der Waals surface area contributed by atoms with Gasteiger partial charge in [-0.2, -0.15) is 0 Å². The third-order valence-electron chi connectivity index (χ3n) is 2.64. The number of amides is 1. The fraction of sp³-hybridized carbons (Fsp3) is 0.133. The molecule has 0 fully saturated rings. The molecule has 0 aliphatic rings. The van der Waals surface area contributed by atoms with Gasteiger partial charge in [0, 0.05) is 10.2 Å². The molecule has 0 aliphatic heterocycles. The van der Waals surface area contributed by atoms with Gasteiger partial charge in [0.2, 0.25) is 0 Å². The Balaban J connectivity index is 1.99. The van der Waals surface area contributed by atoms with Gasteiger partial charge in [0.1, 0.15) is 11.4 Å². The molecular weight excluding hydrogens is 336 g/mol. The highest BCUT2D eigenvalue weighted by atomic mass is 79.9. The molecule has 2 rings (SSSR count). The van der Waals surface area contributed by atoms with Gasteiger partial charge in [-0.15, -0.1) is 0 Å². The number of halogens is 1. The minimum absolute atomic E-state index is 0.184. The molecule has 21 heavy (non-hydrogen) atoms. The second-order valence-corrected chi connectivity index (χ2v) is 5.12. The van der Waals surface area contributed by atoms with Crippen LogP contribution in [0.5, 0.6) is 5.75 Å². The van der Waals surface area contributed by atoms with Gasteiger partial charge in [0.05, 0.1) is 5.69 Å². The number of ether oxygens (including phenoxy) is 1. The van der Waals surface area contributed by atoms with Gasteiger partial charge in [0.25, 0.3) is 5.91 Å². The molecule has 1 aromatic heterocycles. The molecule has 108 valence electrons. The van der Waals surface area contributed by atoms with Crippen LogP contribution in [0.1, 0.15) is 16.2 Å². The van der Waals surface area contributed by atoms with Crippen molar-refractivity contribution in [2.45, 2.75) is 6.92 Å². The Morgan fingerprint density at radius 2 is 2.10 bits per heavy atom. The number of hydrogen-bond acceptors (Lipinski definition) is 4. The van der Waals surface area contributed by atoms with Gasteiger partial charge in [-0.1, -0.05) is 12.1 Å². The van der Waals surface area contributed by atoms with Crippen molar-refractivity contribution in [3.05, 3.63) is 52.3 Å². The summed E-state index contributed by atoms with van der Waals surface area (Å²) in [4.78, 5) is 26.8. The standard InChI is InChI=1S/C15H13BrN2O3/c1-10-6-7-14(13(8-19)17-10)21-9-15(20)18-12-5-3-2-4-11(12)16/h2-8H,9H2,1H3,(H,18,20). The number of nitrogens with zero attached hydrogens (tertiary/aromatic N) is 1. The Kier molecular flexibility index (Phi) is 5.05. The predicted molar refractivity (Wildman–Crippen MR) is 82.6 cm³/mol. The van der Waals surface area contributed by atoms with Crippen molar-refractivity contribution < 1.29 is 14.3 Å². The first-order valence-corrected chi connectivity index (χ1v) is 6.99. The number of aromatic nitrogens is 1. The van der Waals surface area contributed by atoms with E-state index in [0.717, 1.165) is 4.47 Å². The molecular formula is C15H13BrN2O3. The second-order valence-electron chi connectivity index (χ2n) is 4.27. The maximum absolute atomic E-state index is 11.8. The summed E-state index contributed by atoms with van der Waals surface area (Å²) in [6.45, 7) is 1.57. The lowest BCUT2D eigenvalue weighted by molar-refractivity contribution is -0.118. The molecule has 1 N–H and O–H groups in total. The van der Waals surface area contributed by atoms with E-state index in [1.807, 2.05) is 18.2 Å². The van der Waals surface area contributed by atoms with E-state index in [1.165, 1.54) is 0 Å². The summed E-state index contributed by atoms with van der Waals surface area (Å²) in [5.74, 6) is -0.0304. The molecule has 0 bridgehead atoms. The number of rotatable bonds is 5. The average Bonchev–Trinajstić information content (AvgIpc) is 2.48. The second kappa shape index (κ2) is 6.99. The normalized spacial score (nSPS) is 10.0. The van der Waals surface area contributed by atoms with Crippen LogP contribution < -0.4 is 10.1 Å². The molecule has 1 amide bonds. The minimum atomic E-state index is -0.320. The molecule has 0 spiro atoms. The zero-order valence-electron chi connectivity index (χ0n) is 11.3. The van der Waals surface area contributed by atoms with Gasteiger partial charge in [-0.25, -0.2) is 4.98 Å². The van der Waals surface area contributed by atoms with E-state index < -0.39 is 0 Å². The fourth-order valence-electron chi connectivity index (χ4n) is 1.66. The fourth-order valence-corrected chi connectivity index (χ4v) is 2.05. The highest BCUT2D eigenvalue weighted by Gasteiger charge is 2.09. The maximum atomic E-state index is 11.8. The molecule has 0 atom stereocenters. The smallest absolute Gasteiger partial charge is 0.262 e. The van der Waals surface area contributed by atoms with E-state index in [0.29, 0.717) is 17.7 Å². The number of pyridine rings is 1. The molecule has 0 radical (unpaired) electrons. The minimum Gasteiger partial charge on any atom is -0.481 e. The Morgan fingerprint density at radius 1 is 1.33 bits per heavy atom. The zero-order chi connectivity index (χ0) is 15.2. The Bertz CT molecular complexity index is 674. The summed E-state index contributed by atoms with van der Waals surface area (Å²) in [5, 5.41) is 2.71. The average molecular weight is 349 g/mol. The van der Waals surface area contributed by atoms with Crippen molar-refractivity contribution in [2.24, 2.45) is 0 Å². The van der Waals surface area contributed by atoms with Crippen molar-refractivity contribution in [3.63, 3.8) is 0 Å². The van der Waals surface area contributed by atoms with E-state index in [-0.39, 0.29) is 24.0 Å². The number of aryl methyl sites for hydroxylation is 1. The molecule has 1 aromatic carbocycles. The first-order valence-electron chi connectivity index (χ1n) is 6.20. The molecule has 0 aliphatic carbocycles. The summed E-state index contributed by atoms with van der Waals surface area (Å²) in [7, 11) is 0. The number of anilines is 1. The van der Waals surface area contributed by atoms with Crippen LogP contribution in [0, 0.1) is 6.92 Å². The third-order valence-corrected chi connectivity index (χ3v) is 3.34. The van der Waals surface area contributed by atoms with E-state index in [2.05, 4.69) is 26.2 Å². The number of benzene rings is 1. The Labute approximate surface area is 130 Å². The number of carbonyl (C=O) groups is 2. The monoisotopic (exact) mass is 348 g/mol. The number of para-hydroxylation sites is 1. The molecule has 1 heterocycles. The molecule has 5 nitrogen and oxygen atoms in total. The van der Waals surface area contributed by atoms with Crippen molar-refractivity contribution in [2.75, 3.05) is 11.9 Å². The van der Waals surface area contributed by atoms with Gasteiger partial charge >= 0.3 is 0 Å². The van der Waals surface area contributed by atoms with Crippen LogP contribution in [0.15, 0.2) is 40.9 Å². The van der Waals surface area contributed by atoms with Crippen molar-refractivity contribution in [1.82, 2.24) is 4.98 Å². The van der Waals surface area contributed by atoms with Gasteiger partial charge in [-0.05, 0) is 47.1 Å². The van der Waals surface area contributed by atoms with Crippen LogP contribution in [-0.2, 0) is 4.79 Å². The summed E-state index contributed by atoms with van der Waals surface area (Å²) >= 11 is 3.34. The quantitative estimate of drug-likeness (QED) is 0.843. The zero-order valence-corrected chi connectivity index (χ0v) is 12.9. The van der Waals surface area contributed by atoms with E-state index >= 15 is 0 Å². The van der Waals surface area contributed by atoms with Crippen LogP contribution >= 0.6 is 15.9 Å². The van der Waals surface area contributed by atoms with Crippen LogP contribution in [-0.4, -0.2) is 23.8 Å². The van der Waals surface area contributed by atoms with Crippen molar-refractivity contribution in [3.8, 4) is 5.75 Å². The highest BCUT2D eigenvalue weighted by molar-refractivity contribution is 9.10. The third kappa shape index (κ3) is 4.13. The van der Waals surface area contributed by atoms with Crippen LogP contribution in [0.2, 0.25) is 0 Å². The lowest BCUT2D eigenvalue weighted by Crippen LogP contribution is -2.20. The first kappa shape index (κ1) is 15.2. The lowest BCUT2D eigenvalue weighted by atomic mass is 10.3. The Hall–Kier alpha value is -2.21. The summed E-state index contributed by atoms with van der Waals surface area (Å²) in [5.41, 5.74) is 1.55. The topological polar surface area (TPSA) is 68.3 Å². The lowest BCUT2D eigenvalue weighted by Gasteiger charge is -2.10. The number of nitrogens with one attached hydrogen (secondary N) is 1. The number of hydrogen-bond donors (Lipinski definition) is 1. The maximum Gasteiger partial charge on any atom is 0.262 e. The molecule has 0 unspecified atom stereocenters. The summed E-state index contributed by atoms with van der Waals surface area (Å²) < 4.78 is 6.12. The van der Waals surface area contributed by atoms with Crippen molar-refractivity contribution >= 4 is 33.8 Å². The van der Waals surface area contributed by atoms with E-state index in [4.69, 9.17) is 4.74 Å². The first-order chi connectivity index (χ1) is 10.1. The number of aldehydes is 1. The molecule has 0 saturated carbocycles. The van der Waals surface area contributed by atoms with Gasteiger partial charge in [-0.3, -0.25) is 9.59 Å². The summed E-state index contributed by atoms with van der Waals surface area (Å²) in [6.07, 6.45) is 0.605. The summed E-state index contributed by atoms with van der Waals surface area (Å²) in [6, 6.07) is 10.6. The SMILES string of the molecule is Cc1ccc(OCC(=O)Nc2ccccc2Br)c(C=O)n1. The molecule has 2 aromatic rings. The van der Waals surface area contributed by atoms with Gasteiger partial charge < -0.3 is 10.1 Å². The predicted octanol–water partition coefficient (Wildman–Crippen LogP) is 2.98. The van der Waals surface area contributed by atoms with E-state index in [9.17, 15) is 9.59 Å². The van der Waals surface area contributed by atoms with Crippen LogP contribution in [0.4, 0.5) is 5.69 Å². The highest BCUT2D eigenvalue weighted by Crippen LogP contribution is 2.21. The van der Waals surface area contributed by atoms with Crippen LogP contribution in [0.3, 0.4) is 0 Å². The largest absolute Gasteiger partial charge is 0.481 e. The molecule has 0 saturated heterocycles. The van der Waals surface area contributed by atoms with Crippen molar-refractivity contribution in [1.29, 1.82) is 0 Å². The van der Waals surface area contributed by atoms with Gasteiger partial charge in [0.15, 0.2) is 12.9 Å². The van der Waals surface area contributed by atoms with Crippen LogP contribution in [0.25, 0.3) is 0 Å². The molecule has 6 heteroatoms.